The zero-order valence-electron chi connectivity index (χ0n) is 19.1. The Kier molecular flexibility index (Phi) is 7.52. The van der Waals surface area contributed by atoms with Gasteiger partial charge in [0.1, 0.15) is 11.3 Å². The van der Waals surface area contributed by atoms with E-state index >= 15 is 0 Å². The molecular weight excluding hydrogens is 525 g/mol. The molecule has 2 aromatic rings. The van der Waals surface area contributed by atoms with E-state index in [0.717, 1.165) is 5.56 Å². The van der Waals surface area contributed by atoms with E-state index in [9.17, 15) is 14.7 Å². The van der Waals surface area contributed by atoms with Gasteiger partial charge in [-0.05, 0) is 24.0 Å². The van der Waals surface area contributed by atoms with Gasteiger partial charge < -0.3 is 5.11 Å². The van der Waals surface area contributed by atoms with Gasteiger partial charge >= 0.3 is 5.97 Å². The van der Waals surface area contributed by atoms with Crippen molar-refractivity contribution in [2.45, 2.75) is 42.1 Å². The van der Waals surface area contributed by atoms with Crippen LogP contribution in [0.4, 0.5) is 0 Å². The second-order valence-corrected chi connectivity index (χ2v) is 10.4. The number of carbonyl (C=O) groups is 2. The molecule has 3 rings (SSSR count). The van der Waals surface area contributed by atoms with Crippen molar-refractivity contribution in [2.75, 3.05) is 0 Å². The minimum absolute atomic E-state index is 0.0360. The standard InChI is InChI=1S/C28H28INO3/c1-5-9-24(26(32)33)30-27(4)16-17-28(29,22-14-12-20(13-15-22)19(2)3)18-23(27)25(31)21-10-7-6-8-11-21/h5-8,10-19H,1,9H2,2-4H3,(H,32,33). The monoisotopic (exact) mass is 553 g/mol. The molecule has 0 aromatic heterocycles. The number of nitrogens with zero attached hydrogens (tertiary/aromatic N) is 1. The van der Waals surface area contributed by atoms with Crippen LogP contribution in [0.25, 0.3) is 0 Å². The summed E-state index contributed by atoms with van der Waals surface area (Å²) in [5.74, 6) is -0.866. The van der Waals surface area contributed by atoms with Crippen LogP contribution in [-0.4, -0.2) is 28.1 Å². The first kappa shape index (κ1) is 24.8. The smallest absolute Gasteiger partial charge is 0.350 e. The van der Waals surface area contributed by atoms with Crippen LogP contribution in [0.2, 0.25) is 0 Å². The fourth-order valence-corrected chi connectivity index (χ4v) is 4.67. The molecular formula is C28H28INO3. The van der Waals surface area contributed by atoms with Crippen molar-refractivity contribution in [1.29, 1.82) is 0 Å². The van der Waals surface area contributed by atoms with Crippen LogP contribution in [0.3, 0.4) is 0 Å². The third-order valence-electron chi connectivity index (χ3n) is 5.80. The van der Waals surface area contributed by atoms with E-state index in [4.69, 9.17) is 0 Å². The van der Waals surface area contributed by atoms with E-state index in [1.54, 1.807) is 19.1 Å². The van der Waals surface area contributed by atoms with Crippen molar-refractivity contribution in [1.82, 2.24) is 0 Å². The molecule has 1 aliphatic carbocycles. The number of aliphatic imine (C=N–C) groups is 1. The molecule has 0 bridgehead atoms. The summed E-state index contributed by atoms with van der Waals surface area (Å²) in [5.41, 5.74) is 2.11. The lowest BCUT2D eigenvalue weighted by Crippen LogP contribution is -2.35. The van der Waals surface area contributed by atoms with Gasteiger partial charge in [-0.15, -0.1) is 6.58 Å². The molecule has 1 aliphatic rings. The number of carboxylic acid groups (broad SMARTS) is 1. The Balaban J connectivity index is 2.16. The van der Waals surface area contributed by atoms with Gasteiger partial charge in [0, 0.05) is 17.6 Å². The summed E-state index contributed by atoms with van der Waals surface area (Å²) >= 11 is 2.34. The molecule has 4 nitrogen and oxygen atoms in total. The fraction of sp³-hybridized carbons (Fsp3) is 0.250. The van der Waals surface area contributed by atoms with Crippen molar-refractivity contribution in [3.63, 3.8) is 0 Å². The second-order valence-electron chi connectivity index (χ2n) is 8.64. The molecule has 1 N–H and O–H groups in total. The number of alkyl halides is 1. The number of Topliss-reactive ketones (excluding diaryl/α,β-unsaturated/α-hetero) is 1. The highest BCUT2D eigenvalue weighted by Crippen LogP contribution is 2.44. The summed E-state index contributed by atoms with van der Waals surface area (Å²) in [5, 5.41) is 9.63. The quantitative estimate of drug-likeness (QED) is 0.130. The van der Waals surface area contributed by atoms with Gasteiger partial charge in [0.2, 0.25) is 0 Å². The molecule has 0 heterocycles. The number of rotatable bonds is 8. The van der Waals surface area contributed by atoms with Gasteiger partial charge in [0.05, 0.1) is 3.42 Å². The number of allylic oxidation sites excluding steroid dienone is 3. The summed E-state index contributed by atoms with van der Waals surface area (Å²) in [6.45, 7) is 9.72. The Morgan fingerprint density at radius 3 is 2.27 bits per heavy atom. The maximum absolute atomic E-state index is 13.6. The number of benzene rings is 2. The number of hydrogen-bond donors (Lipinski definition) is 1. The van der Waals surface area contributed by atoms with E-state index in [0.29, 0.717) is 17.1 Å². The number of aliphatic carboxylic acids is 1. The van der Waals surface area contributed by atoms with E-state index in [1.807, 2.05) is 36.4 Å². The predicted molar refractivity (Wildman–Crippen MR) is 143 cm³/mol. The average molecular weight is 553 g/mol. The Bertz CT molecular complexity index is 1150. The Labute approximate surface area is 209 Å². The maximum Gasteiger partial charge on any atom is 0.350 e. The fourth-order valence-electron chi connectivity index (χ4n) is 3.82. The molecule has 0 saturated heterocycles. The number of hydrogen-bond acceptors (Lipinski definition) is 3. The van der Waals surface area contributed by atoms with Crippen molar-refractivity contribution in [3.8, 4) is 0 Å². The van der Waals surface area contributed by atoms with Crippen molar-refractivity contribution in [2.24, 2.45) is 4.99 Å². The first-order valence-electron chi connectivity index (χ1n) is 10.9. The Morgan fingerprint density at radius 1 is 1.09 bits per heavy atom. The zero-order valence-corrected chi connectivity index (χ0v) is 21.2. The van der Waals surface area contributed by atoms with Crippen LogP contribution in [0, 0.1) is 0 Å². The summed E-state index contributed by atoms with van der Waals surface area (Å²) < 4.78 is -0.566. The van der Waals surface area contributed by atoms with E-state index < -0.39 is 14.9 Å². The van der Waals surface area contributed by atoms with Gasteiger partial charge in [-0.1, -0.05) is 115 Å². The molecule has 5 heteroatoms. The van der Waals surface area contributed by atoms with Gasteiger partial charge in [0.25, 0.3) is 0 Å². The van der Waals surface area contributed by atoms with Gasteiger partial charge in [-0.25, -0.2) is 4.79 Å². The van der Waals surface area contributed by atoms with Gasteiger partial charge in [0.15, 0.2) is 5.78 Å². The predicted octanol–water partition coefficient (Wildman–Crippen LogP) is 6.68. The Hall–Kier alpha value is -2.80. The molecule has 0 spiro atoms. The number of halogens is 1. The molecule has 170 valence electrons. The largest absolute Gasteiger partial charge is 0.477 e. The summed E-state index contributed by atoms with van der Waals surface area (Å²) in [6.07, 6.45) is 7.38. The SMILES string of the molecule is C=CCC(=NC1(C)C=CC(I)(c2ccc(C(C)C)cc2)C=C1C(=O)c1ccccc1)C(=O)O. The highest BCUT2D eigenvalue weighted by molar-refractivity contribution is 14.1. The minimum Gasteiger partial charge on any atom is -0.477 e. The van der Waals surface area contributed by atoms with Crippen LogP contribution in [0.15, 0.2) is 96.0 Å². The van der Waals surface area contributed by atoms with Gasteiger partial charge in [-0.3, -0.25) is 9.79 Å². The molecule has 0 fully saturated rings. The molecule has 0 saturated carbocycles. The summed E-state index contributed by atoms with van der Waals surface area (Å²) in [6, 6.07) is 17.4. The van der Waals surface area contributed by atoms with Crippen LogP contribution in [0.5, 0.6) is 0 Å². The Morgan fingerprint density at radius 2 is 1.73 bits per heavy atom. The third-order valence-corrected chi connectivity index (χ3v) is 7.10. The first-order chi connectivity index (χ1) is 15.6. The molecule has 2 atom stereocenters. The lowest BCUT2D eigenvalue weighted by Gasteiger charge is -2.34. The van der Waals surface area contributed by atoms with Crippen LogP contribution < -0.4 is 0 Å². The first-order valence-corrected chi connectivity index (χ1v) is 11.9. The van der Waals surface area contributed by atoms with Crippen molar-refractivity contribution < 1.29 is 14.7 Å². The highest BCUT2D eigenvalue weighted by atomic mass is 127. The van der Waals surface area contributed by atoms with E-state index in [2.05, 4.69) is 72.3 Å². The summed E-state index contributed by atoms with van der Waals surface area (Å²) in [4.78, 5) is 30.0. The lowest BCUT2D eigenvalue weighted by atomic mass is 9.77. The molecule has 0 aliphatic heterocycles. The van der Waals surface area contributed by atoms with E-state index in [-0.39, 0.29) is 17.9 Å². The molecule has 0 radical (unpaired) electrons. The van der Waals surface area contributed by atoms with Crippen LogP contribution in [0.1, 0.15) is 54.6 Å². The normalized spacial score (nSPS) is 22.7. The van der Waals surface area contributed by atoms with Crippen molar-refractivity contribution >= 4 is 40.1 Å². The minimum atomic E-state index is -1.12. The van der Waals surface area contributed by atoms with Crippen LogP contribution in [-0.2, 0) is 8.22 Å². The molecule has 0 amide bonds. The third kappa shape index (κ3) is 5.41. The number of ketones is 1. The summed E-state index contributed by atoms with van der Waals surface area (Å²) in [7, 11) is 0. The van der Waals surface area contributed by atoms with Crippen molar-refractivity contribution in [3.05, 3.63) is 108 Å². The zero-order chi connectivity index (χ0) is 24.2. The molecule has 2 unspecified atom stereocenters. The molecule has 33 heavy (non-hydrogen) atoms. The molecule has 2 aromatic carbocycles. The van der Waals surface area contributed by atoms with Gasteiger partial charge in [-0.2, -0.15) is 0 Å². The topological polar surface area (TPSA) is 66.7 Å². The second kappa shape index (κ2) is 10.00. The van der Waals surface area contributed by atoms with E-state index in [1.165, 1.54) is 11.6 Å². The average Bonchev–Trinajstić information content (AvgIpc) is 2.81. The number of carbonyl (C=O) groups excluding carboxylic acids is 1. The number of carboxylic acids is 1. The lowest BCUT2D eigenvalue weighted by molar-refractivity contribution is -0.129. The highest BCUT2D eigenvalue weighted by Gasteiger charge is 2.40. The van der Waals surface area contributed by atoms with Crippen LogP contribution >= 0.6 is 22.6 Å². The maximum atomic E-state index is 13.6.